The van der Waals surface area contributed by atoms with Crippen molar-refractivity contribution in [3.63, 3.8) is 0 Å². The minimum Gasteiger partial charge on any atom is -0.396 e. The molecule has 0 spiro atoms. The summed E-state index contributed by atoms with van der Waals surface area (Å²) in [7, 11) is 2.15. The second-order valence-electron chi connectivity index (χ2n) is 4.77. The van der Waals surface area contributed by atoms with Gasteiger partial charge in [0.05, 0.1) is 6.61 Å². The Kier molecular flexibility index (Phi) is 4.48. The fraction of sp³-hybridized carbons (Fsp3) is 0.615. The molecule has 1 aliphatic rings. The lowest BCUT2D eigenvalue weighted by molar-refractivity contribution is 0.132. The van der Waals surface area contributed by atoms with Crippen LogP contribution >= 0.6 is 0 Å². The van der Waals surface area contributed by atoms with Gasteiger partial charge in [0.25, 0.3) is 0 Å². The van der Waals surface area contributed by atoms with Crippen LogP contribution in [0.3, 0.4) is 0 Å². The number of rotatable bonds is 4. The molecule has 0 aliphatic carbocycles. The molecule has 2 rings (SSSR count). The summed E-state index contributed by atoms with van der Waals surface area (Å²) >= 11 is 0. The number of aliphatic hydroxyl groups excluding tert-OH is 1. The van der Waals surface area contributed by atoms with Gasteiger partial charge in [-0.05, 0) is 18.7 Å². The van der Waals surface area contributed by atoms with Crippen molar-refractivity contribution in [1.82, 2.24) is 14.8 Å². The lowest BCUT2D eigenvalue weighted by Gasteiger charge is -2.34. The number of hydrogen-bond acceptors (Lipinski definition) is 4. The number of likely N-dealkylation sites (N-methyl/N-ethyl adjacent to an activating group) is 1. The van der Waals surface area contributed by atoms with Gasteiger partial charge in [-0.1, -0.05) is 6.07 Å². The predicted molar refractivity (Wildman–Crippen MR) is 68.0 cm³/mol. The standard InChI is InChI=1S/C13H21N3O/c1-15-5-7-16(8-6-15)10-13(11-17)12-3-2-4-14-9-12/h2-4,9,13,17H,5-8,10-11H2,1H3. The molecule has 1 aromatic heterocycles. The zero-order valence-electron chi connectivity index (χ0n) is 10.4. The summed E-state index contributed by atoms with van der Waals surface area (Å²) in [5, 5.41) is 9.50. The van der Waals surface area contributed by atoms with Crippen molar-refractivity contribution in [2.45, 2.75) is 5.92 Å². The van der Waals surface area contributed by atoms with Crippen LogP contribution in [-0.4, -0.2) is 66.3 Å². The van der Waals surface area contributed by atoms with E-state index in [0.717, 1.165) is 38.3 Å². The monoisotopic (exact) mass is 235 g/mol. The Morgan fingerprint density at radius 2 is 2.12 bits per heavy atom. The van der Waals surface area contributed by atoms with Crippen LogP contribution in [0.1, 0.15) is 11.5 Å². The van der Waals surface area contributed by atoms with E-state index in [1.165, 1.54) is 0 Å². The van der Waals surface area contributed by atoms with E-state index < -0.39 is 0 Å². The topological polar surface area (TPSA) is 39.6 Å². The molecular weight excluding hydrogens is 214 g/mol. The molecule has 4 nitrogen and oxygen atoms in total. The largest absolute Gasteiger partial charge is 0.396 e. The molecule has 1 aliphatic heterocycles. The van der Waals surface area contributed by atoms with Crippen LogP contribution in [0.15, 0.2) is 24.5 Å². The Morgan fingerprint density at radius 3 is 2.71 bits per heavy atom. The van der Waals surface area contributed by atoms with Crippen molar-refractivity contribution in [2.75, 3.05) is 46.4 Å². The van der Waals surface area contributed by atoms with Crippen molar-refractivity contribution in [3.8, 4) is 0 Å². The summed E-state index contributed by atoms with van der Waals surface area (Å²) in [5.41, 5.74) is 1.13. The molecule has 1 aromatic rings. The minimum absolute atomic E-state index is 0.187. The smallest absolute Gasteiger partial charge is 0.0512 e. The second kappa shape index (κ2) is 6.10. The zero-order valence-corrected chi connectivity index (χ0v) is 10.4. The molecular formula is C13H21N3O. The van der Waals surface area contributed by atoms with E-state index in [-0.39, 0.29) is 12.5 Å². The van der Waals surface area contributed by atoms with Gasteiger partial charge in [-0.15, -0.1) is 0 Å². The molecule has 4 heteroatoms. The molecule has 1 atom stereocenters. The third-order valence-corrected chi connectivity index (χ3v) is 3.45. The molecule has 94 valence electrons. The molecule has 1 fully saturated rings. The van der Waals surface area contributed by atoms with Gasteiger partial charge in [0.2, 0.25) is 0 Å². The van der Waals surface area contributed by atoms with Gasteiger partial charge in [-0.25, -0.2) is 0 Å². The maximum absolute atomic E-state index is 9.50. The molecule has 0 saturated carbocycles. The van der Waals surface area contributed by atoms with Gasteiger partial charge in [0.1, 0.15) is 0 Å². The van der Waals surface area contributed by atoms with Crippen LogP contribution in [-0.2, 0) is 0 Å². The van der Waals surface area contributed by atoms with E-state index in [0.29, 0.717) is 0 Å². The normalized spacial score (nSPS) is 20.4. The highest BCUT2D eigenvalue weighted by atomic mass is 16.3. The van der Waals surface area contributed by atoms with Gasteiger partial charge >= 0.3 is 0 Å². The third-order valence-electron chi connectivity index (χ3n) is 3.45. The highest BCUT2D eigenvalue weighted by molar-refractivity contribution is 5.15. The quantitative estimate of drug-likeness (QED) is 0.820. The Hall–Kier alpha value is -0.970. The van der Waals surface area contributed by atoms with Crippen LogP contribution in [0.2, 0.25) is 0 Å². The van der Waals surface area contributed by atoms with Crippen molar-refractivity contribution in [3.05, 3.63) is 30.1 Å². The molecule has 0 aromatic carbocycles. The van der Waals surface area contributed by atoms with E-state index in [2.05, 4.69) is 21.8 Å². The highest BCUT2D eigenvalue weighted by Crippen LogP contribution is 2.16. The van der Waals surface area contributed by atoms with Crippen LogP contribution in [0.4, 0.5) is 0 Å². The number of hydrogen-bond donors (Lipinski definition) is 1. The SMILES string of the molecule is CN1CCN(CC(CO)c2cccnc2)CC1. The lowest BCUT2D eigenvalue weighted by atomic mass is 10.0. The van der Waals surface area contributed by atoms with Gasteiger partial charge in [0.15, 0.2) is 0 Å². The van der Waals surface area contributed by atoms with E-state index in [9.17, 15) is 5.11 Å². The number of pyridine rings is 1. The first-order valence-corrected chi connectivity index (χ1v) is 6.21. The van der Waals surface area contributed by atoms with Gasteiger partial charge < -0.3 is 14.9 Å². The molecule has 1 N–H and O–H groups in total. The molecule has 1 saturated heterocycles. The van der Waals surface area contributed by atoms with E-state index >= 15 is 0 Å². The molecule has 2 heterocycles. The van der Waals surface area contributed by atoms with Crippen molar-refractivity contribution in [2.24, 2.45) is 0 Å². The molecule has 0 radical (unpaired) electrons. The number of aliphatic hydroxyl groups is 1. The first-order chi connectivity index (χ1) is 8.29. The minimum atomic E-state index is 0.187. The summed E-state index contributed by atoms with van der Waals surface area (Å²) < 4.78 is 0. The summed E-state index contributed by atoms with van der Waals surface area (Å²) in [6.07, 6.45) is 3.63. The van der Waals surface area contributed by atoms with Gasteiger partial charge in [0, 0.05) is 51.0 Å². The Bertz CT molecular complexity index is 323. The third kappa shape index (κ3) is 3.49. The van der Waals surface area contributed by atoms with Crippen molar-refractivity contribution >= 4 is 0 Å². The molecule has 1 unspecified atom stereocenters. The lowest BCUT2D eigenvalue weighted by Crippen LogP contribution is -2.46. The van der Waals surface area contributed by atoms with Crippen LogP contribution in [0.5, 0.6) is 0 Å². The number of piperazine rings is 1. The average molecular weight is 235 g/mol. The summed E-state index contributed by atoms with van der Waals surface area (Å²) in [6.45, 7) is 5.53. The summed E-state index contributed by atoms with van der Waals surface area (Å²) in [6, 6.07) is 3.98. The van der Waals surface area contributed by atoms with Gasteiger partial charge in [-0.2, -0.15) is 0 Å². The van der Waals surface area contributed by atoms with Crippen LogP contribution in [0.25, 0.3) is 0 Å². The fourth-order valence-corrected chi connectivity index (χ4v) is 2.23. The van der Waals surface area contributed by atoms with Crippen LogP contribution < -0.4 is 0 Å². The summed E-state index contributed by atoms with van der Waals surface area (Å²) in [5.74, 6) is 0.187. The first kappa shape index (κ1) is 12.5. The maximum Gasteiger partial charge on any atom is 0.0512 e. The first-order valence-electron chi connectivity index (χ1n) is 6.21. The molecule has 17 heavy (non-hydrogen) atoms. The van der Waals surface area contributed by atoms with Crippen molar-refractivity contribution in [1.29, 1.82) is 0 Å². The summed E-state index contributed by atoms with van der Waals surface area (Å²) in [4.78, 5) is 8.89. The maximum atomic E-state index is 9.50. The number of aromatic nitrogens is 1. The van der Waals surface area contributed by atoms with Gasteiger partial charge in [-0.3, -0.25) is 4.98 Å². The Balaban J connectivity index is 1.92. The van der Waals surface area contributed by atoms with Crippen molar-refractivity contribution < 1.29 is 5.11 Å². The van der Waals surface area contributed by atoms with Crippen LogP contribution in [0, 0.1) is 0 Å². The van der Waals surface area contributed by atoms with E-state index in [1.807, 2.05) is 18.3 Å². The molecule has 0 amide bonds. The number of nitrogens with zero attached hydrogens (tertiary/aromatic N) is 3. The Labute approximate surface area is 103 Å². The average Bonchev–Trinajstić information content (AvgIpc) is 2.39. The Morgan fingerprint density at radius 1 is 1.35 bits per heavy atom. The highest BCUT2D eigenvalue weighted by Gasteiger charge is 2.19. The van der Waals surface area contributed by atoms with E-state index in [1.54, 1.807) is 6.20 Å². The second-order valence-corrected chi connectivity index (χ2v) is 4.77. The fourth-order valence-electron chi connectivity index (χ4n) is 2.23. The zero-order chi connectivity index (χ0) is 12.1. The molecule has 0 bridgehead atoms. The van der Waals surface area contributed by atoms with E-state index in [4.69, 9.17) is 0 Å². The predicted octanol–water partition coefficient (Wildman–Crippen LogP) is 0.405.